The summed E-state index contributed by atoms with van der Waals surface area (Å²) in [6.45, 7) is 3.20. The highest BCUT2D eigenvalue weighted by atomic mass is 16.5. The second-order valence-corrected chi connectivity index (χ2v) is 6.53. The highest BCUT2D eigenvalue weighted by molar-refractivity contribution is 5.77. The minimum atomic E-state index is -0.874. The summed E-state index contributed by atoms with van der Waals surface area (Å²) in [5, 5.41) is 9.99. The van der Waals surface area contributed by atoms with Gasteiger partial charge in [-0.1, -0.05) is 0 Å². The van der Waals surface area contributed by atoms with Crippen molar-refractivity contribution < 1.29 is 19.3 Å². The topological polar surface area (TPSA) is 102 Å². The van der Waals surface area contributed by atoms with E-state index in [1.54, 1.807) is 24.4 Å². The molecule has 5 rings (SSSR count). The van der Waals surface area contributed by atoms with Gasteiger partial charge in [-0.25, -0.2) is 9.98 Å². The zero-order valence-corrected chi connectivity index (χ0v) is 14.0. The molecule has 2 aromatic rings. The zero-order valence-electron chi connectivity index (χ0n) is 14.0. The van der Waals surface area contributed by atoms with E-state index in [0.29, 0.717) is 30.4 Å². The Kier molecular flexibility index (Phi) is 3.23. The van der Waals surface area contributed by atoms with Crippen LogP contribution in [0.5, 0.6) is 17.4 Å². The number of anilines is 1. The first-order valence-corrected chi connectivity index (χ1v) is 8.48. The van der Waals surface area contributed by atoms with E-state index in [9.17, 15) is 5.11 Å². The summed E-state index contributed by atoms with van der Waals surface area (Å²) >= 11 is 0. The molecule has 1 fully saturated rings. The lowest BCUT2D eigenvalue weighted by Gasteiger charge is -2.34. The molecule has 0 amide bonds. The number of phenols is 1. The van der Waals surface area contributed by atoms with Gasteiger partial charge in [-0.3, -0.25) is 0 Å². The van der Waals surface area contributed by atoms with Gasteiger partial charge in [0.1, 0.15) is 18.1 Å². The number of aromatic nitrogens is 1. The van der Waals surface area contributed by atoms with Crippen molar-refractivity contribution in [2.24, 2.45) is 10.7 Å². The van der Waals surface area contributed by atoms with Crippen molar-refractivity contribution in [3.8, 4) is 17.4 Å². The molecule has 1 spiro atoms. The molecule has 3 N–H and O–H groups in total. The van der Waals surface area contributed by atoms with Crippen molar-refractivity contribution in [2.75, 3.05) is 37.8 Å². The lowest BCUT2D eigenvalue weighted by molar-refractivity contribution is 0.122. The van der Waals surface area contributed by atoms with E-state index in [1.165, 1.54) is 0 Å². The van der Waals surface area contributed by atoms with Crippen LogP contribution in [0, 0.1) is 0 Å². The third-order valence-corrected chi connectivity index (χ3v) is 5.00. The second-order valence-electron chi connectivity index (χ2n) is 6.53. The Labute approximate surface area is 149 Å². The smallest absolute Gasteiger partial charge is 0.283 e. The van der Waals surface area contributed by atoms with Crippen LogP contribution in [0.15, 0.2) is 35.5 Å². The fourth-order valence-corrected chi connectivity index (χ4v) is 3.70. The van der Waals surface area contributed by atoms with Gasteiger partial charge >= 0.3 is 0 Å². The molecule has 1 aromatic heterocycles. The minimum absolute atomic E-state index is 0.115. The predicted molar refractivity (Wildman–Crippen MR) is 93.8 cm³/mol. The van der Waals surface area contributed by atoms with Gasteiger partial charge in [-0.05, 0) is 24.3 Å². The molecular weight excluding hydrogens is 336 g/mol. The normalized spacial score (nSPS) is 23.7. The Hall–Kier alpha value is -3.00. The Bertz CT molecular complexity index is 910. The van der Waals surface area contributed by atoms with E-state index in [4.69, 9.17) is 19.9 Å². The molecule has 1 atom stereocenters. The number of benzene rings is 1. The molecule has 134 valence electrons. The Morgan fingerprint density at radius 3 is 2.77 bits per heavy atom. The van der Waals surface area contributed by atoms with Crippen molar-refractivity contribution in [3.63, 3.8) is 0 Å². The Morgan fingerprint density at radius 2 is 2.00 bits per heavy atom. The fourth-order valence-electron chi connectivity index (χ4n) is 3.70. The number of aliphatic imine (C=N–C) groups is 1. The van der Waals surface area contributed by atoms with Gasteiger partial charge in [0.25, 0.3) is 6.02 Å². The number of nitrogens with zero attached hydrogens (tertiary/aromatic N) is 3. The number of rotatable bonds is 1. The summed E-state index contributed by atoms with van der Waals surface area (Å²) in [6.07, 6.45) is 1.80. The number of hydrogen-bond donors (Lipinski definition) is 2. The largest absolute Gasteiger partial charge is 0.508 e. The molecular formula is C18H18N4O4. The monoisotopic (exact) mass is 354 g/mol. The average molecular weight is 354 g/mol. The summed E-state index contributed by atoms with van der Waals surface area (Å²) in [7, 11) is 0. The maximum absolute atomic E-state index is 9.99. The number of pyridine rings is 1. The lowest BCUT2D eigenvalue weighted by Crippen LogP contribution is -2.37. The standard InChI is InChI=1S/C18H18N4O4/c19-17-21-18(10-25-17)13-8-12(23)1-2-15(13)26-16-14(18)7-11(9-20-16)22-3-5-24-6-4-22/h1-2,7-9,23H,3-6,10H2,(H2,19,21)/t18-/m0/s1. The van der Waals surface area contributed by atoms with Gasteiger partial charge in [0.05, 0.1) is 30.7 Å². The third kappa shape index (κ3) is 2.19. The van der Waals surface area contributed by atoms with E-state index in [2.05, 4.69) is 14.9 Å². The number of nitrogens with two attached hydrogens (primary N) is 1. The van der Waals surface area contributed by atoms with E-state index in [0.717, 1.165) is 24.3 Å². The van der Waals surface area contributed by atoms with Crippen LogP contribution >= 0.6 is 0 Å². The molecule has 8 nitrogen and oxygen atoms in total. The molecule has 8 heteroatoms. The summed E-state index contributed by atoms with van der Waals surface area (Å²) < 4.78 is 16.9. The van der Waals surface area contributed by atoms with Crippen molar-refractivity contribution in [3.05, 3.63) is 41.6 Å². The average Bonchev–Trinajstić information content (AvgIpc) is 3.06. The highest BCUT2D eigenvalue weighted by Gasteiger charge is 2.48. The van der Waals surface area contributed by atoms with Gasteiger partial charge in [-0.2, -0.15) is 0 Å². The molecule has 26 heavy (non-hydrogen) atoms. The Morgan fingerprint density at radius 1 is 1.15 bits per heavy atom. The summed E-state index contributed by atoms with van der Waals surface area (Å²) in [6, 6.07) is 7.06. The number of ether oxygens (including phenoxy) is 3. The van der Waals surface area contributed by atoms with Crippen LogP contribution in [0.1, 0.15) is 11.1 Å². The minimum Gasteiger partial charge on any atom is -0.508 e. The zero-order chi connectivity index (χ0) is 17.7. The van der Waals surface area contributed by atoms with Gasteiger partial charge in [-0.15, -0.1) is 0 Å². The second kappa shape index (κ2) is 5.50. The molecule has 0 aliphatic carbocycles. The van der Waals surface area contributed by atoms with Crippen molar-refractivity contribution >= 4 is 11.7 Å². The number of fused-ring (bicyclic) bond motifs is 4. The van der Waals surface area contributed by atoms with Crippen LogP contribution in [0.25, 0.3) is 0 Å². The van der Waals surface area contributed by atoms with Crippen molar-refractivity contribution in [1.82, 2.24) is 4.98 Å². The molecule has 1 aromatic carbocycles. The van der Waals surface area contributed by atoms with Gasteiger partial charge in [0.15, 0.2) is 5.54 Å². The summed E-state index contributed by atoms with van der Waals surface area (Å²) in [5.41, 5.74) is 7.44. The molecule has 0 bridgehead atoms. The maximum Gasteiger partial charge on any atom is 0.283 e. The SMILES string of the molecule is NC1=N[C@@]2(CO1)c1cc(O)ccc1Oc1ncc(N3CCOCC3)cc12. The van der Waals surface area contributed by atoms with E-state index >= 15 is 0 Å². The number of amidine groups is 1. The van der Waals surface area contributed by atoms with E-state index in [1.807, 2.05) is 6.07 Å². The van der Waals surface area contributed by atoms with Crippen LogP contribution < -0.4 is 15.4 Å². The van der Waals surface area contributed by atoms with Crippen molar-refractivity contribution in [1.29, 1.82) is 0 Å². The lowest BCUT2D eigenvalue weighted by atomic mass is 9.82. The predicted octanol–water partition coefficient (Wildman–Crippen LogP) is 1.32. The van der Waals surface area contributed by atoms with Crippen LogP contribution in [-0.2, 0) is 15.0 Å². The van der Waals surface area contributed by atoms with Crippen LogP contribution in [-0.4, -0.2) is 49.0 Å². The fraction of sp³-hybridized carbons (Fsp3) is 0.333. The first-order valence-electron chi connectivity index (χ1n) is 8.48. The number of aromatic hydroxyl groups is 1. The quantitative estimate of drug-likeness (QED) is 0.796. The first-order chi connectivity index (χ1) is 12.7. The third-order valence-electron chi connectivity index (χ3n) is 5.00. The van der Waals surface area contributed by atoms with Gasteiger partial charge < -0.3 is 30.0 Å². The van der Waals surface area contributed by atoms with E-state index < -0.39 is 5.54 Å². The van der Waals surface area contributed by atoms with Crippen molar-refractivity contribution in [2.45, 2.75) is 5.54 Å². The maximum atomic E-state index is 9.99. The summed E-state index contributed by atoms with van der Waals surface area (Å²) in [4.78, 5) is 11.3. The van der Waals surface area contributed by atoms with Crippen LogP contribution in [0.4, 0.5) is 5.69 Å². The molecule has 1 saturated heterocycles. The molecule has 3 aliphatic rings. The Balaban J connectivity index is 1.68. The first kappa shape index (κ1) is 15.3. The number of hydrogen-bond acceptors (Lipinski definition) is 8. The number of phenolic OH excluding ortho intramolecular Hbond substituents is 1. The molecule has 3 aliphatic heterocycles. The molecule has 4 heterocycles. The molecule has 0 saturated carbocycles. The summed E-state index contributed by atoms with van der Waals surface area (Å²) in [5.74, 6) is 1.19. The highest BCUT2D eigenvalue weighted by Crippen LogP contribution is 2.51. The molecule has 0 unspecified atom stereocenters. The van der Waals surface area contributed by atoms with Gasteiger partial charge in [0.2, 0.25) is 5.88 Å². The van der Waals surface area contributed by atoms with Gasteiger partial charge in [0, 0.05) is 18.7 Å². The molecule has 0 radical (unpaired) electrons. The number of morpholine rings is 1. The van der Waals surface area contributed by atoms with Crippen LogP contribution in [0.2, 0.25) is 0 Å². The van der Waals surface area contributed by atoms with E-state index in [-0.39, 0.29) is 18.4 Å². The van der Waals surface area contributed by atoms with Crippen LogP contribution in [0.3, 0.4) is 0 Å².